The number of hydrogen-bond donors (Lipinski definition) is 1. The molecule has 3 atom stereocenters. The highest BCUT2D eigenvalue weighted by Gasteiger charge is 2.33. The Labute approximate surface area is 124 Å². The van der Waals surface area contributed by atoms with Crippen LogP contribution in [0.2, 0.25) is 0 Å². The smallest absolute Gasteiger partial charge is 0.129 e. The van der Waals surface area contributed by atoms with Crippen molar-refractivity contribution in [3.63, 3.8) is 0 Å². The molecule has 0 amide bonds. The Kier molecular flexibility index (Phi) is 3.28. The molecule has 0 radical (unpaired) electrons. The van der Waals surface area contributed by atoms with E-state index in [0.29, 0.717) is 11.6 Å². The number of fused-ring (bicyclic) bond motifs is 1. The number of aryl methyl sites for hydroxylation is 1. The van der Waals surface area contributed by atoms with Gasteiger partial charge in [-0.2, -0.15) is 0 Å². The topological polar surface area (TPSA) is 36.9 Å². The summed E-state index contributed by atoms with van der Waals surface area (Å²) in [5, 5.41) is 3.40. The third kappa shape index (κ3) is 2.50. The van der Waals surface area contributed by atoms with Crippen molar-refractivity contribution in [2.75, 3.05) is 32.8 Å². The molecule has 0 aromatic heterocycles. The number of aliphatic imine (C=N–C) groups is 1. The molecule has 1 unspecified atom stereocenters. The SMILES string of the molecule is Cc1cc(F)c(C2C=N2)cc1[C@@H]1CN2CCNC[C@H]2CO1. The third-order valence-corrected chi connectivity index (χ3v) is 4.71. The van der Waals surface area contributed by atoms with Crippen molar-refractivity contribution < 1.29 is 9.13 Å². The lowest BCUT2D eigenvalue weighted by atomic mass is 9.96. The van der Waals surface area contributed by atoms with E-state index in [2.05, 4.69) is 15.2 Å². The Morgan fingerprint density at radius 1 is 1.38 bits per heavy atom. The van der Waals surface area contributed by atoms with E-state index in [4.69, 9.17) is 4.74 Å². The van der Waals surface area contributed by atoms with Crippen molar-refractivity contribution in [3.8, 4) is 0 Å². The van der Waals surface area contributed by atoms with Gasteiger partial charge in [0, 0.05) is 44.0 Å². The number of nitrogens with one attached hydrogen (secondary N) is 1. The van der Waals surface area contributed by atoms with Gasteiger partial charge in [-0.15, -0.1) is 0 Å². The fourth-order valence-electron chi connectivity index (χ4n) is 3.37. The molecule has 0 saturated carbocycles. The van der Waals surface area contributed by atoms with Gasteiger partial charge in [-0.1, -0.05) is 0 Å². The van der Waals surface area contributed by atoms with E-state index in [1.807, 2.05) is 13.0 Å². The van der Waals surface area contributed by atoms with Gasteiger partial charge in [-0.25, -0.2) is 4.39 Å². The van der Waals surface area contributed by atoms with Crippen molar-refractivity contribution in [3.05, 3.63) is 34.6 Å². The Bertz CT molecular complexity index is 583. The minimum Gasteiger partial charge on any atom is -0.370 e. The summed E-state index contributed by atoms with van der Waals surface area (Å²) >= 11 is 0. The van der Waals surface area contributed by atoms with Gasteiger partial charge in [-0.05, 0) is 30.2 Å². The molecule has 0 aliphatic carbocycles. The molecule has 4 rings (SSSR count). The fraction of sp³-hybridized carbons (Fsp3) is 0.562. The van der Waals surface area contributed by atoms with E-state index < -0.39 is 0 Å². The zero-order chi connectivity index (χ0) is 14.4. The Hall–Kier alpha value is -1.30. The van der Waals surface area contributed by atoms with E-state index in [9.17, 15) is 4.39 Å². The number of hydrogen-bond acceptors (Lipinski definition) is 4. The van der Waals surface area contributed by atoms with Crippen molar-refractivity contribution in [2.24, 2.45) is 4.99 Å². The fourth-order valence-corrected chi connectivity index (χ4v) is 3.37. The first-order chi connectivity index (χ1) is 10.2. The Morgan fingerprint density at radius 2 is 2.24 bits per heavy atom. The zero-order valence-corrected chi connectivity index (χ0v) is 12.2. The van der Waals surface area contributed by atoms with Crippen LogP contribution in [0, 0.1) is 12.7 Å². The minimum absolute atomic E-state index is 0.0393. The molecule has 3 aliphatic heterocycles. The number of nitrogens with zero attached hydrogens (tertiary/aromatic N) is 2. The van der Waals surface area contributed by atoms with Crippen molar-refractivity contribution >= 4 is 6.21 Å². The number of morpholine rings is 1. The second kappa shape index (κ2) is 5.16. The quantitative estimate of drug-likeness (QED) is 0.898. The van der Waals surface area contributed by atoms with E-state index in [-0.39, 0.29) is 18.0 Å². The minimum atomic E-state index is -0.158. The second-order valence-electron chi connectivity index (χ2n) is 6.15. The van der Waals surface area contributed by atoms with Gasteiger partial charge in [0.2, 0.25) is 0 Å². The molecule has 4 nitrogen and oxygen atoms in total. The van der Waals surface area contributed by atoms with Crippen LogP contribution in [0.4, 0.5) is 4.39 Å². The van der Waals surface area contributed by atoms with E-state index in [1.165, 1.54) is 0 Å². The van der Waals surface area contributed by atoms with E-state index in [0.717, 1.165) is 43.9 Å². The molecule has 5 heteroatoms. The number of benzene rings is 1. The van der Waals surface area contributed by atoms with Crippen molar-refractivity contribution in [1.82, 2.24) is 10.2 Å². The maximum atomic E-state index is 14.0. The lowest BCUT2D eigenvalue weighted by Crippen LogP contribution is -2.57. The van der Waals surface area contributed by atoms with E-state index >= 15 is 0 Å². The molecule has 112 valence electrons. The second-order valence-corrected chi connectivity index (χ2v) is 6.15. The van der Waals surface area contributed by atoms with Crippen LogP contribution in [0.1, 0.15) is 28.8 Å². The maximum absolute atomic E-state index is 14.0. The number of rotatable bonds is 2. The van der Waals surface area contributed by atoms with Gasteiger partial charge in [-0.3, -0.25) is 9.89 Å². The van der Waals surface area contributed by atoms with Crippen molar-refractivity contribution in [1.29, 1.82) is 0 Å². The maximum Gasteiger partial charge on any atom is 0.129 e. The highest BCUT2D eigenvalue weighted by molar-refractivity contribution is 5.80. The molecule has 21 heavy (non-hydrogen) atoms. The molecule has 1 aromatic rings. The Balaban J connectivity index is 1.59. The van der Waals surface area contributed by atoms with Crippen molar-refractivity contribution in [2.45, 2.75) is 25.1 Å². The number of piperazine rings is 1. The molecule has 3 heterocycles. The lowest BCUT2D eigenvalue weighted by Gasteiger charge is -2.43. The molecular weight excluding hydrogens is 269 g/mol. The summed E-state index contributed by atoms with van der Waals surface area (Å²) in [5.41, 5.74) is 2.76. The molecule has 1 aromatic carbocycles. The summed E-state index contributed by atoms with van der Waals surface area (Å²) in [6, 6.07) is 4.00. The highest BCUT2D eigenvalue weighted by atomic mass is 19.1. The lowest BCUT2D eigenvalue weighted by molar-refractivity contribution is -0.0720. The summed E-state index contributed by atoms with van der Waals surface area (Å²) < 4.78 is 20.1. The molecular formula is C16H20FN3O. The summed E-state index contributed by atoms with van der Waals surface area (Å²) in [5.74, 6) is -0.158. The Morgan fingerprint density at radius 3 is 3.05 bits per heavy atom. The van der Waals surface area contributed by atoms with Crippen LogP contribution in [0.5, 0.6) is 0 Å². The van der Waals surface area contributed by atoms with Crippen LogP contribution in [-0.4, -0.2) is 49.9 Å². The monoisotopic (exact) mass is 289 g/mol. The molecule has 0 spiro atoms. The van der Waals surface area contributed by atoms with E-state index in [1.54, 1.807) is 12.3 Å². The van der Waals surface area contributed by atoms with Crippen LogP contribution in [0.25, 0.3) is 0 Å². The third-order valence-electron chi connectivity index (χ3n) is 4.71. The van der Waals surface area contributed by atoms with Gasteiger partial charge < -0.3 is 10.1 Å². The molecule has 3 aliphatic rings. The first kappa shape index (κ1) is 13.4. The van der Waals surface area contributed by atoms with Crippen LogP contribution in [0.3, 0.4) is 0 Å². The molecule has 0 bridgehead atoms. The normalized spacial score (nSPS) is 32.0. The van der Waals surface area contributed by atoms with Crippen LogP contribution in [-0.2, 0) is 4.74 Å². The zero-order valence-electron chi connectivity index (χ0n) is 12.2. The summed E-state index contributed by atoms with van der Waals surface area (Å²) in [4.78, 5) is 6.58. The average molecular weight is 289 g/mol. The number of halogens is 1. The van der Waals surface area contributed by atoms with Gasteiger partial charge in [0.15, 0.2) is 0 Å². The standard InChI is InChI=1S/C16H20FN3O/c1-10-4-14(17)13(15-7-19-15)5-12(10)16-8-20-3-2-18-6-11(20)9-21-16/h4-5,7,11,15-16,18H,2-3,6,8-9H2,1H3/t11-,15?,16-/m0/s1. The average Bonchev–Trinajstić information content (AvgIpc) is 3.31. The highest BCUT2D eigenvalue weighted by Crippen LogP contribution is 2.34. The predicted octanol–water partition coefficient (Wildman–Crippen LogP) is 1.60. The molecule has 2 saturated heterocycles. The van der Waals surface area contributed by atoms with Gasteiger partial charge in [0.05, 0.1) is 12.7 Å². The van der Waals surface area contributed by atoms with Crippen LogP contribution >= 0.6 is 0 Å². The van der Waals surface area contributed by atoms with Gasteiger partial charge in [0.1, 0.15) is 11.9 Å². The first-order valence-corrected chi connectivity index (χ1v) is 7.62. The van der Waals surface area contributed by atoms with Crippen LogP contribution < -0.4 is 5.32 Å². The largest absolute Gasteiger partial charge is 0.370 e. The number of ether oxygens (including phenoxy) is 1. The summed E-state index contributed by atoms with van der Waals surface area (Å²) in [6.45, 7) is 6.68. The van der Waals surface area contributed by atoms with Crippen LogP contribution in [0.15, 0.2) is 17.1 Å². The first-order valence-electron chi connectivity index (χ1n) is 7.62. The predicted molar refractivity (Wildman–Crippen MR) is 79.3 cm³/mol. The summed E-state index contributed by atoms with van der Waals surface area (Å²) in [7, 11) is 0. The van der Waals surface area contributed by atoms with Gasteiger partial charge in [0.25, 0.3) is 0 Å². The molecule has 1 N–H and O–H groups in total. The molecule has 2 fully saturated rings. The summed E-state index contributed by atoms with van der Waals surface area (Å²) in [6.07, 6.45) is 1.82. The van der Waals surface area contributed by atoms with Gasteiger partial charge >= 0.3 is 0 Å².